The number of alkyl halides is 3. The average molecular weight is 398 g/mol. The number of nitrogens with zero attached hydrogens (tertiary/aromatic N) is 4. The molecule has 0 aliphatic heterocycles. The van der Waals surface area contributed by atoms with E-state index in [0.29, 0.717) is 29.9 Å². The average Bonchev–Trinajstić information content (AvgIpc) is 2.68. The van der Waals surface area contributed by atoms with Gasteiger partial charge in [0.2, 0.25) is 0 Å². The van der Waals surface area contributed by atoms with Crippen molar-refractivity contribution >= 4 is 29.2 Å². The lowest BCUT2D eigenvalue weighted by atomic mass is 9.96. The summed E-state index contributed by atoms with van der Waals surface area (Å²) in [5, 5.41) is 19.6. The molecule has 0 saturated heterocycles. The lowest BCUT2D eigenvalue weighted by Crippen LogP contribution is -2.08. The highest BCUT2D eigenvalue weighted by Crippen LogP contribution is 2.31. The minimum Gasteiger partial charge on any atom is -0.340 e. The Morgan fingerprint density at radius 2 is 2.00 bits per heavy atom. The molecule has 1 aromatic carbocycles. The van der Waals surface area contributed by atoms with E-state index in [4.69, 9.17) is 10.7 Å². The molecule has 0 bridgehead atoms. The van der Waals surface area contributed by atoms with Crippen molar-refractivity contribution in [3.05, 3.63) is 53.4 Å². The predicted molar refractivity (Wildman–Crippen MR) is 104 cm³/mol. The van der Waals surface area contributed by atoms with Crippen molar-refractivity contribution in [2.75, 3.05) is 5.32 Å². The zero-order valence-corrected chi connectivity index (χ0v) is 15.5. The van der Waals surface area contributed by atoms with Gasteiger partial charge in [-0.3, -0.25) is 0 Å². The summed E-state index contributed by atoms with van der Waals surface area (Å²) in [4.78, 5) is 13.0. The van der Waals surface area contributed by atoms with Crippen molar-refractivity contribution in [2.24, 2.45) is 10.9 Å². The van der Waals surface area contributed by atoms with Gasteiger partial charge in [-0.25, -0.2) is 15.0 Å². The highest BCUT2D eigenvalue weighted by Gasteiger charge is 2.30. The van der Waals surface area contributed by atoms with E-state index in [-0.39, 0.29) is 17.6 Å². The Morgan fingerprint density at radius 3 is 2.55 bits per heavy atom. The second-order valence-corrected chi connectivity index (χ2v) is 6.44. The summed E-state index contributed by atoms with van der Waals surface area (Å²) in [6.45, 7) is 1.66. The van der Waals surface area contributed by atoms with Gasteiger partial charge in [-0.05, 0) is 50.1 Å². The van der Waals surface area contributed by atoms with E-state index in [2.05, 4.69) is 26.3 Å². The molecule has 2 N–H and O–H groups in total. The van der Waals surface area contributed by atoms with E-state index >= 15 is 0 Å². The fourth-order valence-electron chi connectivity index (χ4n) is 2.81. The van der Waals surface area contributed by atoms with Gasteiger partial charge in [-0.15, -0.1) is 0 Å². The maximum absolute atomic E-state index is 12.7. The van der Waals surface area contributed by atoms with Crippen LogP contribution in [0, 0.1) is 29.6 Å². The van der Waals surface area contributed by atoms with Gasteiger partial charge < -0.3 is 10.7 Å². The van der Waals surface area contributed by atoms with E-state index in [1.54, 1.807) is 19.1 Å². The van der Waals surface area contributed by atoms with Gasteiger partial charge in [-0.2, -0.15) is 18.4 Å². The molecule has 2 aromatic rings. The Kier molecular flexibility index (Phi) is 5.73. The summed E-state index contributed by atoms with van der Waals surface area (Å²) >= 11 is 0. The number of anilines is 2. The number of nitrogens with one attached hydrogen (secondary N) is 2. The molecule has 1 aliphatic rings. The Labute approximate surface area is 165 Å². The van der Waals surface area contributed by atoms with E-state index in [1.807, 2.05) is 0 Å². The molecule has 0 amide bonds. The van der Waals surface area contributed by atoms with E-state index in [9.17, 15) is 13.2 Å². The maximum Gasteiger partial charge on any atom is 0.416 e. The van der Waals surface area contributed by atoms with Crippen molar-refractivity contribution < 1.29 is 13.2 Å². The Balaban J connectivity index is 1.92. The third-order valence-corrected chi connectivity index (χ3v) is 4.30. The first-order valence-corrected chi connectivity index (χ1v) is 8.79. The third-order valence-electron chi connectivity index (χ3n) is 4.30. The molecule has 1 aromatic heterocycles. The molecule has 1 atom stereocenters. The molecule has 0 fully saturated rings. The summed E-state index contributed by atoms with van der Waals surface area (Å²) < 4.78 is 38.2. The van der Waals surface area contributed by atoms with Crippen LogP contribution >= 0.6 is 0 Å². The van der Waals surface area contributed by atoms with E-state index in [0.717, 1.165) is 24.1 Å². The summed E-state index contributed by atoms with van der Waals surface area (Å²) in [6.07, 6.45) is 1.46. The van der Waals surface area contributed by atoms with Gasteiger partial charge in [0.15, 0.2) is 5.82 Å². The van der Waals surface area contributed by atoms with Crippen molar-refractivity contribution in [3.8, 4) is 6.07 Å². The molecule has 1 heterocycles. The number of hydrogen-bond donors (Lipinski definition) is 2. The van der Waals surface area contributed by atoms with Crippen LogP contribution in [0.1, 0.15) is 29.8 Å². The largest absolute Gasteiger partial charge is 0.416 e. The molecule has 1 unspecified atom stereocenters. The van der Waals surface area contributed by atoms with Crippen molar-refractivity contribution in [1.82, 2.24) is 9.97 Å². The standard InChI is InChI=1S/C20H17F3N6/c1-12-26-18(28-15-6-2-13(10-24)3-7-15)17(11-25)19(27-12)29-16-8-4-14(5-9-16)20(21,22)23/h2,4-6,8-9,11,13,25H,3,7H2,1H3,(H,26,27,29). The molecular weight excluding hydrogens is 381 g/mol. The number of halogens is 3. The SMILES string of the molecule is Cc1nc(N=C2C=CC(C#N)CC2)c(C=N)c(Nc2ccc(C(F)(F)F)cc2)n1. The Bertz CT molecular complexity index is 1020. The lowest BCUT2D eigenvalue weighted by Gasteiger charge is -2.14. The Morgan fingerprint density at radius 1 is 1.28 bits per heavy atom. The predicted octanol–water partition coefficient (Wildman–Crippen LogP) is 5.11. The number of benzene rings is 1. The highest BCUT2D eigenvalue weighted by atomic mass is 19.4. The summed E-state index contributed by atoms with van der Waals surface area (Å²) in [6, 6.07) is 6.72. The first-order valence-electron chi connectivity index (χ1n) is 8.79. The number of aryl methyl sites for hydroxylation is 1. The van der Waals surface area contributed by atoms with Gasteiger partial charge in [0.25, 0.3) is 0 Å². The number of nitriles is 1. The van der Waals surface area contributed by atoms with Gasteiger partial charge in [0.1, 0.15) is 11.6 Å². The van der Waals surface area contributed by atoms with Crippen molar-refractivity contribution in [3.63, 3.8) is 0 Å². The van der Waals surface area contributed by atoms with Gasteiger partial charge in [0, 0.05) is 17.6 Å². The molecular formula is C20H17F3N6. The van der Waals surface area contributed by atoms with Crippen molar-refractivity contribution in [2.45, 2.75) is 25.9 Å². The van der Waals surface area contributed by atoms with Gasteiger partial charge in [-0.1, -0.05) is 6.08 Å². The topological polar surface area (TPSA) is 97.8 Å². The zero-order valence-electron chi connectivity index (χ0n) is 15.5. The fourth-order valence-corrected chi connectivity index (χ4v) is 2.81. The van der Waals surface area contributed by atoms with Crippen LogP contribution in [0.4, 0.5) is 30.5 Å². The number of allylic oxidation sites excluding steroid dienone is 2. The van der Waals surface area contributed by atoms with Gasteiger partial charge in [0.05, 0.1) is 23.1 Å². The quantitative estimate of drug-likeness (QED) is 0.700. The first-order chi connectivity index (χ1) is 13.8. The molecule has 148 valence electrons. The monoisotopic (exact) mass is 398 g/mol. The molecule has 0 spiro atoms. The fraction of sp³-hybridized carbons (Fsp3) is 0.250. The van der Waals surface area contributed by atoms with E-state index in [1.165, 1.54) is 12.1 Å². The Hall–Kier alpha value is -3.54. The molecule has 0 radical (unpaired) electrons. The molecule has 6 nitrogen and oxygen atoms in total. The van der Waals surface area contributed by atoms with Crippen LogP contribution < -0.4 is 5.32 Å². The van der Waals surface area contributed by atoms with Crippen LogP contribution in [0.2, 0.25) is 0 Å². The summed E-state index contributed by atoms with van der Waals surface area (Å²) in [5.74, 6) is 0.831. The zero-order chi connectivity index (χ0) is 21.0. The van der Waals surface area contributed by atoms with Crippen LogP contribution in [0.5, 0.6) is 0 Å². The minimum atomic E-state index is -4.41. The number of aliphatic imine (C=N–C) groups is 1. The second-order valence-electron chi connectivity index (χ2n) is 6.44. The summed E-state index contributed by atoms with van der Waals surface area (Å²) in [7, 11) is 0. The molecule has 1 aliphatic carbocycles. The number of rotatable bonds is 4. The van der Waals surface area contributed by atoms with Crippen LogP contribution in [0.15, 0.2) is 41.4 Å². The number of aromatic nitrogens is 2. The third kappa shape index (κ3) is 4.85. The molecule has 0 saturated carbocycles. The van der Waals surface area contributed by atoms with Crippen LogP contribution in [-0.4, -0.2) is 21.9 Å². The smallest absolute Gasteiger partial charge is 0.340 e. The minimum absolute atomic E-state index is 0.139. The van der Waals surface area contributed by atoms with E-state index < -0.39 is 11.7 Å². The van der Waals surface area contributed by atoms with Crippen LogP contribution in [0.3, 0.4) is 0 Å². The summed E-state index contributed by atoms with van der Waals surface area (Å²) in [5.41, 5.74) is 0.699. The van der Waals surface area contributed by atoms with Crippen molar-refractivity contribution in [1.29, 1.82) is 10.7 Å². The van der Waals surface area contributed by atoms with Gasteiger partial charge >= 0.3 is 6.18 Å². The molecule has 29 heavy (non-hydrogen) atoms. The first kappa shape index (κ1) is 20.2. The number of hydrogen-bond acceptors (Lipinski definition) is 6. The van der Waals surface area contributed by atoms with Crippen LogP contribution in [0.25, 0.3) is 0 Å². The maximum atomic E-state index is 12.7. The highest BCUT2D eigenvalue weighted by molar-refractivity contribution is 5.99. The molecule has 9 heteroatoms. The van der Waals surface area contributed by atoms with Crippen LogP contribution in [-0.2, 0) is 6.18 Å². The second kappa shape index (κ2) is 8.22. The lowest BCUT2D eigenvalue weighted by molar-refractivity contribution is -0.137. The molecule has 3 rings (SSSR count). The normalized spacial score (nSPS) is 17.8.